The fraction of sp³-hybridized carbons (Fsp3) is 0.500. The minimum atomic E-state index is -0.417. The number of likely N-dealkylation sites (tertiary alicyclic amines) is 1. The maximum absolute atomic E-state index is 13.7. The van der Waals surface area contributed by atoms with Crippen molar-refractivity contribution in [3.63, 3.8) is 0 Å². The van der Waals surface area contributed by atoms with E-state index < -0.39 is 5.97 Å². The zero-order chi connectivity index (χ0) is 22.7. The molecule has 0 N–H and O–H groups in total. The third-order valence-electron chi connectivity index (χ3n) is 5.94. The first-order chi connectivity index (χ1) is 15.5. The molecule has 1 aliphatic carbocycles. The van der Waals surface area contributed by atoms with E-state index in [0.717, 1.165) is 37.8 Å². The van der Waals surface area contributed by atoms with Crippen molar-refractivity contribution in [3.8, 4) is 0 Å². The number of aromatic nitrogens is 1. The maximum atomic E-state index is 13.7. The molecule has 1 saturated carbocycles. The molecule has 1 aromatic carbocycles. The number of rotatable bonds is 7. The van der Waals surface area contributed by atoms with E-state index in [2.05, 4.69) is 4.98 Å². The molecule has 170 valence electrons. The number of amides is 2. The lowest BCUT2D eigenvalue weighted by atomic mass is 9.96. The third-order valence-corrected chi connectivity index (χ3v) is 7.10. The van der Waals surface area contributed by atoms with Crippen LogP contribution >= 0.6 is 11.3 Å². The van der Waals surface area contributed by atoms with Gasteiger partial charge in [0.2, 0.25) is 11.8 Å². The van der Waals surface area contributed by atoms with Gasteiger partial charge in [-0.2, -0.15) is 0 Å². The second-order valence-corrected chi connectivity index (χ2v) is 9.42. The molecule has 0 unspecified atom stereocenters. The number of piperidine rings is 1. The highest BCUT2D eigenvalue weighted by atomic mass is 32.1. The van der Waals surface area contributed by atoms with Gasteiger partial charge in [0, 0.05) is 19.0 Å². The van der Waals surface area contributed by atoms with E-state index in [1.54, 1.807) is 18.7 Å². The van der Waals surface area contributed by atoms with E-state index in [4.69, 9.17) is 4.74 Å². The summed E-state index contributed by atoms with van der Waals surface area (Å²) in [5, 5.41) is 0.491. The minimum Gasteiger partial charge on any atom is -0.462 e. The molecule has 0 spiro atoms. The second kappa shape index (κ2) is 9.81. The summed E-state index contributed by atoms with van der Waals surface area (Å²) in [6.45, 7) is 5.34. The van der Waals surface area contributed by atoms with Crippen molar-refractivity contribution < 1.29 is 19.1 Å². The third kappa shape index (κ3) is 5.01. The Morgan fingerprint density at radius 3 is 2.59 bits per heavy atom. The number of carbonyl (C=O) groups excluding carboxylic acids is 3. The summed E-state index contributed by atoms with van der Waals surface area (Å²) in [4.78, 5) is 47.1. The molecule has 2 aromatic rings. The van der Waals surface area contributed by atoms with E-state index >= 15 is 0 Å². The van der Waals surface area contributed by atoms with Crippen LogP contribution in [0.4, 0.5) is 5.13 Å². The smallest absolute Gasteiger partial charge is 0.350 e. The van der Waals surface area contributed by atoms with Crippen LogP contribution in [0.3, 0.4) is 0 Å². The summed E-state index contributed by atoms with van der Waals surface area (Å²) in [5.74, 6) is -0.402. The van der Waals surface area contributed by atoms with Gasteiger partial charge >= 0.3 is 5.97 Å². The number of aryl methyl sites for hydroxylation is 1. The van der Waals surface area contributed by atoms with E-state index in [1.165, 1.54) is 11.3 Å². The first-order valence-electron chi connectivity index (χ1n) is 11.3. The van der Waals surface area contributed by atoms with Crippen LogP contribution in [-0.4, -0.2) is 47.4 Å². The zero-order valence-corrected chi connectivity index (χ0v) is 19.4. The van der Waals surface area contributed by atoms with Crippen molar-refractivity contribution in [1.82, 2.24) is 9.88 Å². The van der Waals surface area contributed by atoms with Gasteiger partial charge in [-0.1, -0.05) is 41.7 Å². The molecule has 0 bridgehead atoms. The lowest BCUT2D eigenvalue weighted by Crippen LogP contribution is -2.47. The summed E-state index contributed by atoms with van der Waals surface area (Å²) in [5.41, 5.74) is 1.54. The summed E-state index contributed by atoms with van der Waals surface area (Å²) in [6.07, 6.45) is 3.49. The number of hydrogen-bond acceptors (Lipinski definition) is 6. The first-order valence-corrected chi connectivity index (χ1v) is 12.1. The molecule has 0 radical (unpaired) electrons. The van der Waals surface area contributed by atoms with Crippen LogP contribution in [0.25, 0.3) is 0 Å². The van der Waals surface area contributed by atoms with Crippen molar-refractivity contribution in [2.45, 2.75) is 46.1 Å². The summed E-state index contributed by atoms with van der Waals surface area (Å²) in [7, 11) is 0. The predicted octanol–water partition coefficient (Wildman–Crippen LogP) is 3.81. The van der Waals surface area contributed by atoms with Crippen LogP contribution < -0.4 is 4.90 Å². The van der Waals surface area contributed by atoms with Crippen LogP contribution in [0.2, 0.25) is 0 Å². The Morgan fingerprint density at radius 2 is 1.91 bits per heavy atom. The predicted molar refractivity (Wildman–Crippen MR) is 122 cm³/mol. The van der Waals surface area contributed by atoms with Gasteiger partial charge in [-0.15, -0.1) is 0 Å². The second-order valence-electron chi connectivity index (χ2n) is 8.44. The van der Waals surface area contributed by atoms with Crippen LogP contribution in [0, 0.1) is 18.8 Å². The quantitative estimate of drug-likeness (QED) is 0.593. The van der Waals surface area contributed by atoms with Crippen molar-refractivity contribution in [2.24, 2.45) is 11.8 Å². The average molecular weight is 456 g/mol. The maximum Gasteiger partial charge on any atom is 0.350 e. The van der Waals surface area contributed by atoms with Gasteiger partial charge < -0.3 is 9.64 Å². The zero-order valence-electron chi connectivity index (χ0n) is 18.6. The summed E-state index contributed by atoms with van der Waals surface area (Å²) in [6, 6.07) is 9.75. The highest BCUT2D eigenvalue weighted by molar-refractivity contribution is 7.17. The van der Waals surface area contributed by atoms with E-state index in [-0.39, 0.29) is 30.3 Å². The van der Waals surface area contributed by atoms with Crippen LogP contribution in [0.5, 0.6) is 0 Å². The molecule has 2 fully saturated rings. The number of nitrogens with zero attached hydrogens (tertiary/aromatic N) is 3. The van der Waals surface area contributed by atoms with Gasteiger partial charge in [-0.3, -0.25) is 14.5 Å². The van der Waals surface area contributed by atoms with Crippen LogP contribution in [0.15, 0.2) is 30.3 Å². The molecule has 8 heteroatoms. The molecule has 4 rings (SSSR count). The number of carbonyl (C=O) groups is 3. The Hall–Kier alpha value is -2.74. The van der Waals surface area contributed by atoms with Crippen LogP contribution in [-0.2, 0) is 20.9 Å². The van der Waals surface area contributed by atoms with Gasteiger partial charge in [0.15, 0.2) is 5.13 Å². The van der Waals surface area contributed by atoms with E-state index in [9.17, 15) is 14.4 Å². The Balaban J connectivity index is 1.59. The van der Waals surface area contributed by atoms with Crippen LogP contribution in [0.1, 0.15) is 53.5 Å². The summed E-state index contributed by atoms with van der Waals surface area (Å²) < 4.78 is 5.15. The molecule has 1 aliphatic heterocycles. The molecule has 32 heavy (non-hydrogen) atoms. The first kappa shape index (κ1) is 22.5. The molecule has 2 amide bonds. The fourth-order valence-corrected chi connectivity index (χ4v) is 5.04. The molecular weight excluding hydrogens is 426 g/mol. The Bertz CT molecular complexity index is 986. The topological polar surface area (TPSA) is 79.8 Å². The molecule has 1 aromatic heterocycles. The standard InChI is InChI=1S/C24H29N3O4S/c1-3-31-23(30)20-16(2)25-24(32-20)27(14-17-8-5-4-6-9-17)22(29)19-10-7-13-26(15-19)21(28)18-11-12-18/h4-6,8-9,18-19H,3,7,10-15H2,1-2H3/t19-/m1/s1. The minimum absolute atomic E-state index is 0.0497. The Labute approximate surface area is 192 Å². The van der Waals surface area contributed by atoms with Gasteiger partial charge in [-0.25, -0.2) is 9.78 Å². The van der Waals surface area contributed by atoms with Gasteiger partial charge in [0.1, 0.15) is 4.88 Å². The van der Waals surface area contributed by atoms with Gasteiger partial charge in [0.05, 0.1) is 24.8 Å². The molecular formula is C24H29N3O4S. The number of thiazole rings is 1. The number of benzene rings is 1. The van der Waals surface area contributed by atoms with Gasteiger partial charge in [-0.05, 0) is 45.1 Å². The summed E-state index contributed by atoms with van der Waals surface area (Å²) >= 11 is 1.19. The molecule has 7 nitrogen and oxygen atoms in total. The number of ether oxygens (including phenoxy) is 1. The largest absolute Gasteiger partial charge is 0.462 e. The van der Waals surface area contributed by atoms with Crippen molar-refractivity contribution in [2.75, 3.05) is 24.6 Å². The Kier molecular flexibility index (Phi) is 6.89. The lowest BCUT2D eigenvalue weighted by molar-refractivity contribution is -0.136. The van der Waals surface area contributed by atoms with Crippen molar-refractivity contribution in [1.29, 1.82) is 0 Å². The van der Waals surface area contributed by atoms with Crippen molar-refractivity contribution in [3.05, 3.63) is 46.5 Å². The number of anilines is 1. The lowest BCUT2D eigenvalue weighted by Gasteiger charge is -2.34. The monoisotopic (exact) mass is 455 g/mol. The number of hydrogen-bond donors (Lipinski definition) is 0. The fourth-order valence-electron chi connectivity index (χ4n) is 4.08. The SMILES string of the molecule is CCOC(=O)c1sc(N(Cc2ccccc2)C(=O)[C@@H]2CCCN(C(=O)C3CC3)C2)nc1C. The van der Waals surface area contributed by atoms with Gasteiger partial charge in [0.25, 0.3) is 0 Å². The normalized spacial score (nSPS) is 18.3. The highest BCUT2D eigenvalue weighted by Crippen LogP contribution is 2.34. The number of esters is 1. The Morgan fingerprint density at radius 1 is 1.16 bits per heavy atom. The van der Waals surface area contributed by atoms with E-state index in [1.807, 2.05) is 35.2 Å². The molecule has 1 atom stereocenters. The molecule has 2 aliphatic rings. The van der Waals surface area contributed by atoms with Crippen molar-refractivity contribution >= 4 is 34.3 Å². The average Bonchev–Trinajstić information content (AvgIpc) is 3.59. The molecule has 2 heterocycles. The highest BCUT2D eigenvalue weighted by Gasteiger charge is 2.38. The molecule has 1 saturated heterocycles. The van der Waals surface area contributed by atoms with E-state index in [0.29, 0.717) is 28.8 Å².